The highest BCUT2D eigenvalue weighted by molar-refractivity contribution is 6.73. The fourth-order valence-electron chi connectivity index (χ4n) is 2.12. The lowest BCUT2D eigenvalue weighted by Crippen LogP contribution is -2.31. The van der Waals surface area contributed by atoms with Crippen molar-refractivity contribution in [1.29, 1.82) is 0 Å². The molecule has 1 fully saturated rings. The number of aryl methyl sites for hydroxylation is 1. The van der Waals surface area contributed by atoms with Gasteiger partial charge < -0.3 is 4.57 Å². The summed E-state index contributed by atoms with van der Waals surface area (Å²) in [6.45, 7) is 0.856. The van der Waals surface area contributed by atoms with E-state index in [9.17, 15) is 0 Å². The summed E-state index contributed by atoms with van der Waals surface area (Å²) in [5.74, 6) is 0. The van der Waals surface area contributed by atoms with E-state index in [0.717, 1.165) is 6.71 Å². The number of aromatic nitrogens is 1. The Labute approximate surface area is 68.5 Å². The van der Waals surface area contributed by atoms with Crippen LogP contribution in [0.25, 0.3) is 0 Å². The molecule has 2 heteroatoms. The number of rotatable bonds is 1. The zero-order valence-electron chi connectivity index (χ0n) is 7.09. The van der Waals surface area contributed by atoms with Crippen molar-refractivity contribution in [3.05, 3.63) is 18.3 Å². The highest BCUT2D eigenvalue weighted by Gasteiger charge is 2.22. The molecule has 1 nitrogen and oxygen atoms in total. The van der Waals surface area contributed by atoms with Crippen LogP contribution in [0.1, 0.15) is 12.8 Å². The van der Waals surface area contributed by atoms with Gasteiger partial charge in [0.05, 0.1) is 0 Å². The van der Waals surface area contributed by atoms with Crippen LogP contribution < -0.4 is 5.59 Å². The van der Waals surface area contributed by atoms with Crippen LogP contribution in [-0.2, 0) is 7.05 Å². The largest absolute Gasteiger partial charge is 0.363 e. The van der Waals surface area contributed by atoms with Gasteiger partial charge in [-0.15, -0.1) is 0 Å². The van der Waals surface area contributed by atoms with Gasteiger partial charge in [-0.3, -0.25) is 0 Å². The Morgan fingerprint density at radius 2 is 2.09 bits per heavy atom. The molecule has 0 amide bonds. The second kappa shape index (κ2) is 2.76. The highest BCUT2D eigenvalue weighted by Crippen LogP contribution is 2.18. The van der Waals surface area contributed by atoms with Gasteiger partial charge in [0.1, 0.15) is 0 Å². The molecule has 0 bridgehead atoms. The SMILES string of the molecule is Cn1cccc1B1CCCC1. The van der Waals surface area contributed by atoms with Gasteiger partial charge >= 0.3 is 0 Å². The molecular formula is C9H14BN. The lowest BCUT2D eigenvalue weighted by Gasteiger charge is -2.06. The molecule has 0 radical (unpaired) electrons. The fraction of sp³-hybridized carbons (Fsp3) is 0.556. The molecule has 58 valence electrons. The monoisotopic (exact) mass is 147 g/mol. The first-order valence-corrected chi connectivity index (χ1v) is 4.49. The Hall–Kier alpha value is -0.655. The van der Waals surface area contributed by atoms with Gasteiger partial charge in [0.25, 0.3) is 0 Å². The predicted molar refractivity (Wildman–Crippen MR) is 49.6 cm³/mol. The third-order valence-electron chi connectivity index (χ3n) is 2.76. The van der Waals surface area contributed by atoms with Crippen molar-refractivity contribution in [2.24, 2.45) is 7.05 Å². The maximum atomic E-state index is 2.26. The average Bonchev–Trinajstić information content (AvgIpc) is 2.55. The number of hydrogen-bond donors (Lipinski definition) is 0. The van der Waals surface area contributed by atoms with Gasteiger partial charge in [0.2, 0.25) is 0 Å². The van der Waals surface area contributed by atoms with E-state index in [-0.39, 0.29) is 0 Å². The summed E-state index contributed by atoms with van der Waals surface area (Å²) in [5, 5.41) is 0. The third-order valence-corrected chi connectivity index (χ3v) is 2.76. The standard InChI is InChI=1S/C9H14BN/c1-11-8-4-5-9(11)10-6-2-3-7-10/h4-5,8H,2-3,6-7H2,1H3. The maximum Gasteiger partial charge on any atom is 0.197 e. The summed E-state index contributed by atoms with van der Waals surface area (Å²) in [6, 6.07) is 4.41. The minimum Gasteiger partial charge on any atom is -0.363 e. The normalized spacial score (nSPS) is 17.7. The van der Waals surface area contributed by atoms with Gasteiger partial charge in [-0.1, -0.05) is 31.5 Å². The van der Waals surface area contributed by atoms with Crippen LogP contribution in [0.5, 0.6) is 0 Å². The van der Waals surface area contributed by atoms with Crippen molar-refractivity contribution in [3.63, 3.8) is 0 Å². The molecule has 2 rings (SSSR count). The average molecular weight is 147 g/mol. The summed E-state index contributed by atoms with van der Waals surface area (Å²) in [6.07, 6.45) is 7.80. The van der Waals surface area contributed by atoms with Crippen LogP contribution >= 0.6 is 0 Å². The summed E-state index contributed by atoms with van der Waals surface area (Å²) in [7, 11) is 2.15. The minimum absolute atomic E-state index is 0.856. The van der Waals surface area contributed by atoms with E-state index in [4.69, 9.17) is 0 Å². The van der Waals surface area contributed by atoms with Crippen molar-refractivity contribution in [1.82, 2.24) is 4.57 Å². The molecule has 0 atom stereocenters. The molecule has 1 aliphatic heterocycles. The predicted octanol–water partition coefficient (Wildman–Crippen LogP) is 1.52. The molecule has 2 heterocycles. The lowest BCUT2D eigenvalue weighted by atomic mass is 9.46. The van der Waals surface area contributed by atoms with E-state index < -0.39 is 0 Å². The molecule has 0 N–H and O–H groups in total. The summed E-state index contributed by atoms with van der Waals surface area (Å²) in [4.78, 5) is 0. The molecule has 1 aliphatic rings. The fourth-order valence-corrected chi connectivity index (χ4v) is 2.12. The van der Waals surface area contributed by atoms with Crippen LogP contribution in [0.4, 0.5) is 0 Å². The summed E-state index contributed by atoms with van der Waals surface area (Å²) < 4.78 is 2.26. The Balaban J connectivity index is 2.21. The second-order valence-electron chi connectivity index (χ2n) is 3.53. The molecule has 0 spiro atoms. The van der Waals surface area contributed by atoms with Crippen LogP contribution in [0.3, 0.4) is 0 Å². The molecule has 1 saturated heterocycles. The van der Waals surface area contributed by atoms with Crippen molar-refractivity contribution in [2.45, 2.75) is 25.5 Å². The molecule has 1 aromatic heterocycles. The Bertz CT molecular complexity index is 235. The molecule has 0 saturated carbocycles. The van der Waals surface area contributed by atoms with E-state index in [1.54, 1.807) is 0 Å². The number of nitrogens with zero attached hydrogens (tertiary/aromatic N) is 1. The molecule has 0 unspecified atom stereocenters. The quantitative estimate of drug-likeness (QED) is 0.530. The first kappa shape index (κ1) is 7.02. The smallest absolute Gasteiger partial charge is 0.197 e. The van der Waals surface area contributed by atoms with Gasteiger partial charge in [0.15, 0.2) is 6.71 Å². The first-order chi connectivity index (χ1) is 5.38. The zero-order chi connectivity index (χ0) is 7.68. The Morgan fingerprint density at radius 1 is 1.36 bits per heavy atom. The van der Waals surface area contributed by atoms with Gasteiger partial charge in [-0.2, -0.15) is 0 Å². The molecule has 0 aromatic carbocycles. The van der Waals surface area contributed by atoms with Crippen molar-refractivity contribution >= 4 is 12.3 Å². The van der Waals surface area contributed by atoms with Gasteiger partial charge in [0, 0.05) is 13.2 Å². The van der Waals surface area contributed by atoms with Crippen molar-refractivity contribution in [3.8, 4) is 0 Å². The lowest BCUT2D eigenvalue weighted by molar-refractivity contribution is 0.935. The van der Waals surface area contributed by atoms with Crippen molar-refractivity contribution < 1.29 is 0 Å². The van der Waals surface area contributed by atoms with E-state index >= 15 is 0 Å². The van der Waals surface area contributed by atoms with Crippen LogP contribution in [-0.4, -0.2) is 11.3 Å². The third kappa shape index (κ3) is 1.22. The van der Waals surface area contributed by atoms with Crippen LogP contribution in [0.2, 0.25) is 12.6 Å². The second-order valence-corrected chi connectivity index (χ2v) is 3.53. The first-order valence-electron chi connectivity index (χ1n) is 4.49. The van der Waals surface area contributed by atoms with Crippen molar-refractivity contribution in [2.75, 3.05) is 0 Å². The minimum atomic E-state index is 0.856. The molecule has 1 aromatic rings. The van der Waals surface area contributed by atoms with E-state index in [2.05, 4.69) is 29.9 Å². The van der Waals surface area contributed by atoms with E-state index in [1.807, 2.05) is 0 Å². The van der Waals surface area contributed by atoms with E-state index in [0.29, 0.717) is 0 Å². The number of hydrogen-bond acceptors (Lipinski definition) is 0. The summed E-state index contributed by atoms with van der Waals surface area (Å²) >= 11 is 0. The summed E-state index contributed by atoms with van der Waals surface area (Å²) in [5.41, 5.74) is 1.53. The Kier molecular flexibility index (Phi) is 1.76. The van der Waals surface area contributed by atoms with Gasteiger partial charge in [-0.05, 0) is 11.7 Å². The maximum absolute atomic E-state index is 2.26. The molecule has 11 heavy (non-hydrogen) atoms. The Morgan fingerprint density at radius 3 is 2.64 bits per heavy atom. The van der Waals surface area contributed by atoms with Crippen LogP contribution in [0.15, 0.2) is 18.3 Å². The highest BCUT2D eigenvalue weighted by atomic mass is 14.9. The molecular weight excluding hydrogens is 133 g/mol. The molecule has 0 aliphatic carbocycles. The van der Waals surface area contributed by atoms with E-state index in [1.165, 1.54) is 31.1 Å². The van der Waals surface area contributed by atoms with Crippen LogP contribution in [0, 0.1) is 0 Å². The van der Waals surface area contributed by atoms with Gasteiger partial charge in [-0.25, -0.2) is 0 Å². The topological polar surface area (TPSA) is 4.93 Å². The zero-order valence-corrected chi connectivity index (χ0v) is 7.09.